The largest absolute Gasteiger partial charge is 0.0622 e. The normalized spacial score (nSPS) is 12.6. The number of hydrogen-bond donors (Lipinski definition) is 0. The van der Waals surface area contributed by atoms with Crippen LogP contribution in [-0.2, 0) is 0 Å². The molecule has 2 rings (SSSR count). The van der Waals surface area contributed by atoms with Crippen LogP contribution in [0.3, 0.4) is 0 Å². The summed E-state index contributed by atoms with van der Waals surface area (Å²) in [7, 11) is 0. The van der Waals surface area contributed by atoms with Crippen LogP contribution in [0.25, 0.3) is 12.2 Å². The highest BCUT2D eigenvalue weighted by molar-refractivity contribution is 9.15. The summed E-state index contributed by atoms with van der Waals surface area (Å²) < 4.78 is 2.05. The van der Waals surface area contributed by atoms with Crippen LogP contribution in [-0.4, -0.2) is 0 Å². The molecule has 0 aliphatic carbocycles. The van der Waals surface area contributed by atoms with Gasteiger partial charge < -0.3 is 0 Å². The molecule has 0 heterocycles. The Morgan fingerprint density at radius 3 is 1.28 bits per heavy atom. The minimum Gasteiger partial charge on any atom is -0.0622 e. The van der Waals surface area contributed by atoms with Crippen molar-refractivity contribution in [2.45, 2.75) is 0 Å². The first-order chi connectivity index (χ1) is 8.75. The molecule has 2 aromatic rings. The van der Waals surface area contributed by atoms with Gasteiger partial charge in [0.1, 0.15) is 0 Å². The second-order valence-electron chi connectivity index (χ2n) is 3.81. The molecule has 2 aromatic carbocycles. The molecular formula is C16H12Br2. The highest BCUT2D eigenvalue weighted by Crippen LogP contribution is 2.27. The van der Waals surface area contributed by atoms with E-state index in [1.54, 1.807) is 0 Å². The zero-order valence-corrected chi connectivity index (χ0v) is 12.9. The van der Waals surface area contributed by atoms with Gasteiger partial charge in [0.05, 0.1) is 0 Å². The van der Waals surface area contributed by atoms with Gasteiger partial charge in [0.2, 0.25) is 0 Å². The van der Waals surface area contributed by atoms with E-state index in [2.05, 4.69) is 68.3 Å². The van der Waals surface area contributed by atoms with E-state index in [0.717, 1.165) is 8.96 Å². The molecule has 0 spiro atoms. The molecule has 0 unspecified atom stereocenters. The van der Waals surface area contributed by atoms with Crippen molar-refractivity contribution in [3.8, 4) is 0 Å². The van der Waals surface area contributed by atoms with Crippen molar-refractivity contribution in [3.05, 3.63) is 80.8 Å². The fraction of sp³-hybridized carbons (Fsp3) is 0. The molecule has 90 valence electrons. The molecular weight excluding hydrogens is 352 g/mol. The lowest BCUT2D eigenvalue weighted by Gasteiger charge is -1.99. The van der Waals surface area contributed by atoms with Gasteiger partial charge in [-0.3, -0.25) is 0 Å². The Morgan fingerprint density at radius 1 is 0.611 bits per heavy atom. The van der Waals surface area contributed by atoms with Crippen molar-refractivity contribution in [2.24, 2.45) is 0 Å². The molecule has 0 bridgehead atoms. The van der Waals surface area contributed by atoms with E-state index in [-0.39, 0.29) is 0 Å². The third-order valence-electron chi connectivity index (χ3n) is 2.41. The fourth-order valence-corrected chi connectivity index (χ4v) is 2.29. The molecule has 0 aliphatic rings. The van der Waals surface area contributed by atoms with Crippen molar-refractivity contribution in [1.29, 1.82) is 0 Å². The third-order valence-corrected chi connectivity index (χ3v) is 4.26. The summed E-state index contributed by atoms with van der Waals surface area (Å²) in [5.74, 6) is 0. The number of halogens is 2. The zero-order chi connectivity index (χ0) is 12.8. The van der Waals surface area contributed by atoms with Crippen molar-refractivity contribution in [2.75, 3.05) is 0 Å². The summed E-state index contributed by atoms with van der Waals surface area (Å²) in [5, 5.41) is 0. The summed E-state index contributed by atoms with van der Waals surface area (Å²) in [5.41, 5.74) is 2.34. The Bertz CT molecular complexity index is 501. The van der Waals surface area contributed by atoms with E-state index in [9.17, 15) is 0 Å². The van der Waals surface area contributed by atoms with Crippen LogP contribution in [0.5, 0.6) is 0 Å². The van der Waals surface area contributed by atoms with Gasteiger partial charge in [0, 0.05) is 8.96 Å². The molecule has 0 radical (unpaired) electrons. The van der Waals surface area contributed by atoms with Crippen LogP contribution in [0.1, 0.15) is 11.1 Å². The second-order valence-corrected chi connectivity index (χ2v) is 5.51. The standard InChI is InChI=1S/C16H12Br2/c17-15(11-13-7-3-1-4-8-13)16(18)12-14-9-5-2-6-10-14/h1-12H/b15-11-,16-12-. The fourth-order valence-electron chi connectivity index (χ4n) is 1.53. The summed E-state index contributed by atoms with van der Waals surface area (Å²) in [4.78, 5) is 0. The maximum absolute atomic E-state index is 3.58. The second kappa shape index (κ2) is 6.72. The lowest BCUT2D eigenvalue weighted by atomic mass is 10.2. The lowest BCUT2D eigenvalue weighted by molar-refractivity contribution is 1.65. The van der Waals surface area contributed by atoms with Gasteiger partial charge in [-0.2, -0.15) is 0 Å². The third kappa shape index (κ3) is 3.97. The molecule has 0 nitrogen and oxygen atoms in total. The van der Waals surface area contributed by atoms with Gasteiger partial charge in [-0.05, 0) is 55.1 Å². The minimum atomic E-state index is 1.03. The maximum atomic E-state index is 3.58. The molecule has 18 heavy (non-hydrogen) atoms. The van der Waals surface area contributed by atoms with Crippen molar-refractivity contribution >= 4 is 44.0 Å². The number of rotatable bonds is 3. The smallest absolute Gasteiger partial charge is 0.0323 e. The monoisotopic (exact) mass is 362 g/mol. The minimum absolute atomic E-state index is 1.03. The molecule has 2 heteroatoms. The topological polar surface area (TPSA) is 0 Å². The van der Waals surface area contributed by atoms with E-state index < -0.39 is 0 Å². The molecule has 0 N–H and O–H groups in total. The molecule has 0 aromatic heterocycles. The van der Waals surface area contributed by atoms with Crippen LogP contribution >= 0.6 is 31.9 Å². The number of hydrogen-bond acceptors (Lipinski definition) is 0. The maximum Gasteiger partial charge on any atom is 0.0323 e. The van der Waals surface area contributed by atoms with Crippen LogP contribution in [0, 0.1) is 0 Å². The molecule has 0 aliphatic heterocycles. The zero-order valence-electron chi connectivity index (χ0n) is 9.68. The molecule has 0 atom stereocenters. The van der Waals surface area contributed by atoms with Crippen LogP contribution in [0.2, 0.25) is 0 Å². The molecule has 0 saturated carbocycles. The Hall–Kier alpha value is -1.12. The number of allylic oxidation sites excluding steroid dienone is 2. The summed E-state index contributed by atoms with van der Waals surface area (Å²) in [6, 6.07) is 20.4. The molecule has 0 amide bonds. The predicted molar refractivity (Wildman–Crippen MR) is 86.7 cm³/mol. The first kappa shape index (κ1) is 13.3. The van der Waals surface area contributed by atoms with Crippen molar-refractivity contribution < 1.29 is 0 Å². The van der Waals surface area contributed by atoms with Crippen LogP contribution < -0.4 is 0 Å². The average Bonchev–Trinajstić information content (AvgIpc) is 2.41. The van der Waals surface area contributed by atoms with Crippen LogP contribution in [0.4, 0.5) is 0 Å². The van der Waals surface area contributed by atoms with Gasteiger partial charge in [-0.25, -0.2) is 0 Å². The molecule has 0 saturated heterocycles. The van der Waals surface area contributed by atoms with Gasteiger partial charge in [-0.15, -0.1) is 0 Å². The first-order valence-corrected chi connectivity index (χ1v) is 7.19. The summed E-state index contributed by atoms with van der Waals surface area (Å²) in [6.45, 7) is 0. The summed E-state index contributed by atoms with van der Waals surface area (Å²) in [6.07, 6.45) is 4.17. The van der Waals surface area contributed by atoms with Gasteiger partial charge in [-0.1, -0.05) is 60.7 Å². The van der Waals surface area contributed by atoms with E-state index in [1.807, 2.05) is 36.4 Å². The van der Waals surface area contributed by atoms with Crippen molar-refractivity contribution in [3.63, 3.8) is 0 Å². The highest BCUT2D eigenvalue weighted by atomic mass is 79.9. The van der Waals surface area contributed by atoms with Crippen molar-refractivity contribution in [1.82, 2.24) is 0 Å². The Balaban J connectivity index is 2.21. The Labute approximate surface area is 124 Å². The van der Waals surface area contributed by atoms with Gasteiger partial charge >= 0.3 is 0 Å². The Kier molecular flexibility index (Phi) is 4.97. The quantitative estimate of drug-likeness (QED) is 0.599. The van der Waals surface area contributed by atoms with E-state index in [1.165, 1.54) is 11.1 Å². The van der Waals surface area contributed by atoms with E-state index >= 15 is 0 Å². The van der Waals surface area contributed by atoms with E-state index in [4.69, 9.17) is 0 Å². The predicted octanol–water partition coefficient (Wildman–Crippen LogP) is 5.86. The number of benzene rings is 2. The first-order valence-electron chi connectivity index (χ1n) is 5.60. The van der Waals surface area contributed by atoms with E-state index in [0.29, 0.717) is 0 Å². The Morgan fingerprint density at radius 2 is 0.944 bits per heavy atom. The average molecular weight is 364 g/mol. The van der Waals surface area contributed by atoms with Gasteiger partial charge in [0.25, 0.3) is 0 Å². The van der Waals surface area contributed by atoms with Crippen LogP contribution in [0.15, 0.2) is 69.6 Å². The molecule has 0 fully saturated rings. The summed E-state index contributed by atoms with van der Waals surface area (Å²) >= 11 is 7.17. The van der Waals surface area contributed by atoms with Gasteiger partial charge in [0.15, 0.2) is 0 Å². The SMILES string of the molecule is BrC(=C\c1ccccc1)/C(Br)=C/c1ccccc1. The highest BCUT2D eigenvalue weighted by Gasteiger charge is 1.98. The lowest BCUT2D eigenvalue weighted by Crippen LogP contribution is -1.76.